The quantitative estimate of drug-likeness (QED) is 0.475. The van der Waals surface area contributed by atoms with E-state index in [9.17, 15) is 10.1 Å². The van der Waals surface area contributed by atoms with E-state index >= 15 is 0 Å². The van der Waals surface area contributed by atoms with Gasteiger partial charge < -0.3 is 0 Å². The number of hydrogen-bond donors (Lipinski definition) is 0. The summed E-state index contributed by atoms with van der Waals surface area (Å²) in [4.78, 5) is 14.3. The molecule has 0 spiro atoms. The van der Waals surface area contributed by atoms with Crippen LogP contribution in [0.2, 0.25) is 5.02 Å². The van der Waals surface area contributed by atoms with Gasteiger partial charge in [-0.25, -0.2) is 0 Å². The Kier molecular flexibility index (Phi) is 4.50. The molecule has 88 valence electrons. The molecule has 1 aromatic rings. The maximum atomic E-state index is 10.8. The topological polar surface area (TPSA) is 56.0 Å². The molecule has 1 rings (SSSR count). The van der Waals surface area contributed by atoms with Crippen molar-refractivity contribution in [3.63, 3.8) is 0 Å². The van der Waals surface area contributed by atoms with Gasteiger partial charge in [-0.05, 0) is 5.92 Å². The fourth-order valence-corrected chi connectivity index (χ4v) is 1.49. The second-order valence-corrected chi connectivity index (χ2v) is 4.84. The van der Waals surface area contributed by atoms with Crippen LogP contribution in [0.25, 0.3) is 0 Å². The van der Waals surface area contributed by atoms with Gasteiger partial charge in [0.15, 0.2) is 0 Å². The molecule has 16 heavy (non-hydrogen) atoms. The van der Waals surface area contributed by atoms with E-state index in [4.69, 9.17) is 23.2 Å². The molecular formula is C10H12Cl2N2O2. The number of halogens is 2. The average Bonchev–Trinajstić information content (AvgIpc) is 2.20. The van der Waals surface area contributed by atoms with Crippen molar-refractivity contribution in [2.24, 2.45) is 5.92 Å². The van der Waals surface area contributed by atoms with E-state index in [0.717, 1.165) is 0 Å². The van der Waals surface area contributed by atoms with Crippen LogP contribution in [0.1, 0.15) is 19.5 Å². The van der Waals surface area contributed by atoms with E-state index in [0.29, 0.717) is 12.1 Å². The summed E-state index contributed by atoms with van der Waals surface area (Å²) >= 11 is 11.7. The van der Waals surface area contributed by atoms with Gasteiger partial charge in [0.05, 0.1) is 9.95 Å². The Morgan fingerprint density at radius 2 is 2.19 bits per heavy atom. The molecule has 0 aliphatic heterocycles. The predicted molar refractivity (Wildman–Crippen MR) is 64.1 cm³/mol. The number of nitro groups is 1. The molecule has 4 nitrogen and oxygen atoms in total. The minimum atomic E-state index is -0.488. The van der Waals surface area contributed by atoms with Gasteiger partial charge in [-0.3, -0.25) is 15.1 Å². The van der Waals surface area contributed by atoms with Crippen LogP contribution in [0, 0.1) is 16.0 Å². The summed E-state index contributed by atoms with van der Waals surface area (Å²) in [6, 6.07) is 1.30. The zero-order valence-electron chi connectivity index (χ0n) is 8.98. The van der Waals surface area contributed by atoms with Crippen LogP contribution in [0.5, 0.6) is 0 Å². The van der Waals surface area contributed by atoms with Gasteiger partial charge in [-0.1, -0.05) is 25.4 Å². The van der Waals surface area contributed by atoms with Crippen LogP contribution >= 0.6 is 23.2 Å². The van der Waals surface area contributed by atoms with Gasteiger partial charge >= 0.3 is 0 Å². The second-order valence-electron chi connectivity index (χ2n) is 3.84. The van der Waals surface area contributed by atoms with Gasteiger partial charge in [0.1, 0.15) is 5.69 Å². The third-order valence-corrected chi connectivity index (χ3v) is 3.09. The van der Waals surface area contributed by atoms with Crippen LogP contribution in [0.4, 0.5) is 5.69 Å². The number of hydrogen-bond acceptors (Lipinski definition) is 3. The average molecular weight is 263 g/mol. The molecule has 1 unspecified atom stereocenters. The standard InChI is InChI=1S/C10H12Cl2N2O2/c1-6(2)8(12)4-9-10(14(15)16)3-7(11)5-13-9/h3,5-6,8H,4H2,1-2H3. The van der Waals surface area contributed by atoms with Crippen molar-refractivity contribution in [1.29, 1.82) is 0 Å². The highest BCUT2D eigenvalue weighted by atomic mass is 35.5. The third kappa shape index (κ3) is 3.32. The monoisotopic (exact) mass is 262 g/mol. The minimum absolute atomic E-state index is 0.0706. The van der Waals surface area contributed by atoms with Crippen molar-refractivity contribution in [1.82, 2.24) is 4.98 Å². The Bertz CT molecular complexity index is 396. The van der Waals surface area contributed by atoms with Crippen LogP contribution in [-0.2, 0) is 6.42 Å². The van der Waals surface area contributed by atoms with E-state index in [1.165, 1.54) is 12.3 Å². The lowest BCUT2D eigenvalue weighted by atomic mass is 10.0. The second kappa shape index (κ2) is 5.46. The number of alkyl halides is 1. The first-order valence-corrected chi connectivity index (χ1v) is 5.66. The predicted octanol–water partition coefficient (Wildman–Crippen LogP) is 3.45. The summed E-state index contributed by atoms with van der Waals surface area (Å²) in [5.74, 6) is 0.235. The van der Waals surface area contributed by atoms with Crippen molar-refractivity contribution < 1.29 is 4.92 Å². The first-order valence-electron chi connectivity index (χ1n) is 4.84. The van der Waals surface area contributed by atoms with Gasteiger partial charge in [0, 0.05) is 24.1 Å². The Balaban J connectivity index is 2.99. The smallest absolute Gasteiger partial charge is 0.258 e. The lowest BCUT2D eigenvalue weighted by molar-refractivity contribution is -0.385. The van der Waals surface area contributed by atoms with E-state index in [2.05, 4.69) is 4.98 Å². The van der Waals surface area contributed by atoms with E-state index < -0.39 is 4.92 Å². The lowest BCUT2D eigenvalue weighted by Crippen LogP contribution is -2.13. The van der Waals surface area contributed by atoms with Crippen LogP contribution in [0.3, 0.4) is 0 Å². The van der Waals surface area contributed by atoms with Gasteiger partial charge in [-0.15, -0.1) is 11.6 Å². The Hall–Kier alpha value is -0.870. The summed E-state index contributed by atoms with van der Waals surface area (Å²) in [5, 5.41) is 10.9. The first kappa shape index (κ1) is 13.2. The van der Waals surface area contributed by atoms with Crippen molar-refractivity contribution in [2.45, 2.75) is 25.6 Å². The number of rotatable bonds is 4. The molecule has 1 heterocycles. The summed E-state index contributed by atoms with van der Waals surface area (Å²) in [5.41, 5.74) is 0.307. The van der Waals surface area contributed by atoms with Crippen LogP contribution in [-0.4, -0.2) is 15.3 Å². The molecule has 0 aromatic carbocycles. The maximum absolute atomic E-state index is 10.8. The Morgan fingerprint density at radius 3 is 2.69 bits per heavy atom. The lowest BCUT2D eigenvalue weighted by Gasteiger charge is -2.12. The van der Waals surface area contributed by atoms with Gasteiger partial charge in [0.2, 0.25) is 0 Å². The fraction of sp³-hybridized carbons (Fsp3) is 0.500. The molecule has 0 radical (unpaired) electrons. The molecule has 0 aliphatic rings. The molecule has 0 amide bonds. The molecule has 0 aliphatic carbocycles. The highest BCUT2D eigenvalue weighted by Crippen LogP contribution is 2.24. The Labute approximate surface area is 104 Å². The molecule has 1 atom stereocenters. The van der Waals surface area contributed by atoms with Gasteiger partial charge in [-0.2, -0.15) is 0 Å². The molecule has 0 saturated carbocycles. The van der Waals surface area contributed by atoms with Crippen molar-refractivity contribution in [3.8, 4) is 0 Å². The van der Waals surface area contributed by atoms with Crippen molar-refractivity contribution >= 4 is 28.9 Å². The zero-order valence-corrected chi connectivity index (χ0v) is 10.5. The summed E-state index contributed by atoms with van der Waals surface area (Å²) < 4.78 is 0. The summed E-state index contributed by atoms with van der Waals surface area (Å²) in [7, 11) is 0. The number of pyridine rings is 1. The van der Waals surface area contributed by atoms with E-state index in [1.807, 2.05) is 13.8 Å². The van der Waals surface area contributed by atoms with E-state index in [-0.39, 0.29) is 22.0 Å². The molecule has 0 fully saturated rings. The summed E-state index contributed by atoms with van der Waals surface area (Å²) in [6.45, 7) is 3.92. The molecule has 0 saturated heterocycles. The highest BCUT2D eigenvalue weighted by Gasteiger charge is 2.20. The molecule has 6 heteroatoms. The maximum Gasteiger partial charge on any atom is 0.292 e. The largest absolute Gasteiger partial charge is 0.292 e. The molecule has 0 bridgehead atoms. The minimum Gasteiger partial charge on any atom is -0.258 e. The Morgan fingerprint density at radius 1 is 1.56 bits per heavy atom. The highest BCUT2D eigenvalue weighted by molar-refractivity contribution is 6.30. The molecular weight excluding hydrogens is 251 g/mol. The van der Waals surface area contributed by atoms with Gasteiger partial charge in [0.25, 0.3) is 5.69 Å². The van der Waals surface area contributed by atoms with Crippen LogP contribution in [0.15, 0.2) is 12.3 Å². The normalized spacial score (nSPS) is 12.8. The third-order valence-electron chi connectivity index (χ3n) is 2.22. The van der Waals surface area contributed by atoms with Crippen molar-refractivity contribution in [3.05, 3.63) is 33.1 Å². The zero-order chi connectivity index (χ0) is 12.3. The SMILES string of the molecule is CC(C)C(Cl)Cc1ncc(Cl)cc1[N+](=O)[O-]. The van der Waals surface area contributed by atoms with E-state index in [1.54, 1.807) is 0 Å². The van der Waals surface area contributed by atoms with Crippen LogP contribution < -0.4 is 0 Å². The molecule has 0 N–H and O–H groups in total. The first-order chi connectivity index (χ1) is 7.41. The fourth-order valence-electron chi connectivity index (χ4n) is 1.19. The molecule has 1 aromatic heterocycles. The van der Waals surface area contributed by atoms with Crippen molar-refractivity contribution in [2.75, 3.05) is 0 Å². The summed E-state index contributed by atoms with van der Waals surface area (Å²) in [6.07, 6.45) is 1.76. The number of aromatic nitrogens is 1. The number of nitrogens with zero attached hydrogens (tertiary/aromatic N) is 2.